The first-order valence-corrected chi connectivity index (χ1v) is 11.4. The summed E-state index contributed by atoms with van der Waals surface area (Å²) in [5, 5.41) is 3.93. The van der Waals surface area contributed by atoms with E-state index in [-0.39, 0.29) is 12.5 Å². The average Bonchev–Trinajstić information content (AvgIpc) is 3.47. The molecule has 164 valence electrons. The third kappa shape index (κ3) is 4.09. The molecule has 2 heterocycles. The molecular formula is C18H18N3O8PS. The Bertz CT molecular complexity index is 1150. The Morgan fingerprint density at radius 2 is 1.87 bits per heavy atom. The summed E-state index contributed by atoms with van der Waals surface area (Å²) in [5.41, 5.74) is 1.95. The van der Waals surface area contributed by atoms with Crippen LogP contribution < -0.4 is 30.5 Å². The molecule has 0 saturated heterocycles. The van der Waals surface area contributed by atoms with Crippen LogP contribution in [0.1, 0.15) is 0 Å². The van der Waals surface area contributed by atoms with Gasteiger partial charge in [-0.1, -0.05) is 11.2 Å². The van der Waals surface area contributed by atoms with Gasteiger partial charge in [0.15, 0.2) is 17.3 Å². The molecule has 13 heteroatoms. The zero-order chi connectivity index (χ0) is 22.0. The average molecular weight is 467 g/mol. The lowest BCUT2D eigenvalue weighted by Gasteiger charge is -2.16. The number of benzene rings is 2. The molecule has 3 aromatic rings. The van der Waals surface area contributed by atoms with Gasteiger partial charge in [-0.15, -0.1) is 11.8 Å². The zero-order valence-corrected chi connectivity index (χ0v) is 18.1. The van der Waals surface area contributed by atoms with E-state index in [1.807, 2.05) is 12.3 Å². The monoisotopic (exact) mass is 467 g/mol. The summed E-state index contributed by atoms with van der Waals surface area (Å²) in [6, 6.07) is 8.74. The number of rotatable bonds is 8. The van der Waals surface area contributed by atoms with Crippen LogP contribution in [0, 0.1) is 0 Å². The van der Waals surface area contributed by atoms with E-state index in [9.17, 15) is 4.57 Å². The second-order valence-electron chi connectivity index (χ2n) is 6.10. The summed E-state index contributed by atoms with van der Waals surface area (Å²) in [4.78, 5) is 0.654. The molecule has 4 N–H and O–H groups in total. The van der Waals surface area contributed by atoms with Crippen LogP contribution >= 0.6 is 19.6 Å². The van der Waals surface area contributed by atoms with Gasteiger partial charge < -0.3 is 23.3 Å². The van der Waals surface area contributed by atoms with Crippen molar-refractivity contribution >= 4 is 19.6 Å². The topological polar surface area (TPSA) is 151 Å². The first-order valence-electron chi connectivity index (χ1n) is 8.69. The highest BCUT2D eigenvalue weighted by Gasteiger charge is 2.29. The van der Waals surface area contributed by atoms with Crippen LogP contribution in [-0.2, 0) is 13.8 Å². The van der Waals surface area contributed by atoms with Crippen molar-refractivity contribution in [3.63, 3.8) is 0 Å². The summed E-state index contributed by atoms with van der Waals surface area (Å²) < 4.78 is 48.0. The maximum Gasteiger partial charge on any atom is 0.563 e. The van der Waals surface area contributed by atoms with Crippen molar-refractivity contribution in [1.29, 1.82) is 0 Å². The lowest BCUT2D eigenvalue weighted by Crippen LogP contribution is -2.10. The van der Waals surface area contributed by atoms with Crippen molar-refractivity contribution in [3.8, 4) is 45.4 Å². The molecule has 11 nitrogen and oxygen atoms in total. The lowest BCUT2D eigenvalue weighted by molar-refractivity contribution is 0.158. The van der Waals surface area contributed by atoms with Gasteiger partial charge in [0.2, 0.25) is 12.5 Å². The molecule has 0 bridgehead atoms. The number of thioether (sulfide) groups is 1. The Morgan fingerprint density at radius 1 is 1.10 bits per heavy atom. The van der Waals surface area contributed by atoms with Crippen LogP contribution in [-0.4, -0.2) is 25.3 Å². The number of nitrogens with two attached hydrogens (primary N) is 2. The van der Waals surface area contributed by atoms with Crippen molar-refractivity contribution in [1.82, 2.24) is 5.16 Å². The van der Waals surface area contributed by atoms with Crippen LogP contribution in [0.25, 0.3) is 22.5 Å². The molecule has 2 aromatic carbocycles. The van der Waals surface area contributed by atoms with E-state index in [1.54, 1.807) is 30.5 Å². The van der Waals surface area contributed by atoms with Crippen LogP contribution in [0.3, 0.4) is 0 Å². The first-order chi connectivity index (χ1) is 15.0. The van der Waals surface area contributed by atoms with E-state index < -0.39 is 7.82 Å². The largest absolute Gasteiger partial charge is 0.563 e. The summed E-state index contributed by atoms with van der Waals surface area (Å²) >= 11 is 1.36. The quantitative estimate of drug-likeness (QED) is 0.282. The number of ether oxygens (including phenoxy) is 3. The molecule has 0 atom stereocenters. The second kappa shape index (κ2) is 8.79. The predicted octanol–water partition coefficient (Wildman–Crippen LogP) is 3.74. The number of fused-ring (bicyclic) bond motifs is 1. The fourth-order valence-corrected chi connectivity index (χ4v) is 4.11. The number of methoxy groups -OCH3 is 1. The SMILES string of the molecule is COc1cc(-c2oncc2-c2ccc(SC)c(OP(=O)(ON)ON)c2)cc2c1OCO2. The van der Waals surface area contributed by atoms with E-state index in [2.05, 4.69) is 14.4 Å². The second-order valence-corrected chi connectivity index (χ2v) is 8.44. The fourth-order valence-electron chi connectivity index (χ4n) is 3.02. The van der Waals surface area contributed by atoms with E-state index in [4.69, 9.17) is 35.1 Å². The maximum absolute atomic E-state index is 12.3. The standard InChI is InChI=1S/C18H18N3O8PS/c1-23-14-6-11(7-15-18(14)25-9-24-15)17-12(8-21-26-17)10-3-4-16(31-2)13(5-10)27-30(22,28-19)29-20/h3-8H,9,19-20H2,1-2H3. The minimum absolute atomic E-state index is 0.0989. The molecule has 0 amide bonds. The Balaban J connectivity index is 1.77. The maximum atomic E-state index is 12.3. The van der Waals surface area contributed by atoms with Gasteiger partial charge in [0.05, 0.1) is 13.3 Å². The molecule has 1 aliphatic rings. The Labute approximate surface area is 181 Å². The predicted molar refractivity (Wildman–Crippen MR) is 111 cm³/mol. The van der Waals surface area contributed by atoms with Crippen LogP contribution in [0.5, 0.6) is 23.0 Å². The molecule has 0 unspecified atom stereocenters. The van der Waals surface area contributed by atoms with Crippen LogP contribution in [0.2, 0.25) is 0 Å². The summed E-state index contributed by atoms with van der Waals surface area (Å²) in [6.45, 7) is 0.0989. The highest BCUT2D eigenvalue weighted by Crippen LogP contribution is 2.50. The highest BCUT2D eigenvalue weighted by atomic mass is 32.2. The summed E-state index contributed by atoms with van der Waals surface area (Å²) in [5.74, 6) is 12.2. The molecule has 4 rings (SSSR count). The number of hydrogen-bond donors (Lipinski definition) is 2. The van der Waals surface area contributed by atoms with Crippen molar-refractivity contribution < 1.29 is 37.1 Å². The fraction of sp³-hybridized carbons (Fsp3) is 0.167. The highest BCUT2D eigenvalue weighted by molar-refractivity contribution is 7.98. The Kier molecular flexibility index (Phi) is 6.10. The number of nitrogens with zero attached hydrogens (tertiary/aromatic N) is 1. The summed E-state index contributed by atoms with van der Waals surface area (Å²) in [6.07, 6.45) is 3.37. The molecule has 0 fully saturated rings. The molecule has 0 aliphatic carbocycles. The van der Waals surface area contributed by atoms with Gasteiger partial charge in [-0.2, -0.15) is 9.25 Å². The minimum atomic E-state index is -4.17. The smallest absolute Gasteiger partial charge is 0.493 e. The third-order valence-corrected chi connectivity index (χ3v) is 6.15. The van der Waals surface area contributed by atoms with Crippen LogP contribution in [0.15, 0.2) is 45.9 Å². The van der Waals surface area contributed by atoms with E-state index in [1.165, 1.54) is 18.9 Å². The molecule has 31 heavy (non-hydrogen) atoms. The molecule has 0 spiro atoms. The number of aromatic nitrogens is 1. The van der Waals surface area contributed by atoms with E-state index in [0.29, 0.717) is 44.6 Å². The van der Waals surface area contributed by atoms with Gasteiger partial charge in [-0.25, -0.2) is 16.4 Å². The zero-order valence-electron chi connectivity index (χ0n) is 16.4. The lowest BCUT2D eigenvalue weighted by atomic mass is 10.0. The van der Waals surface area contributed by atoms with Gasteiger partial charge in [-0.3, -0.25) is 0 Å². The van der Waals surface area contributed by atoms with Crippen molar-refractivity contribution in [3.05, 3.63) is 36.5 Å². The van der Waals surface area contributed by atoms with Gasteiger partial charge in [-0.05, 0) is 36.1 Å². The molecule has 0 radical (unpaired) electrons. The minimum Gasteiger partial charge on any atom is -0.493 e. The van der Waals surface area contributed by atoms with Gasteiger partial charge in [0.1, 0.15) is 5.75 Å². The van der Waals surface area contributed by atoms with E-state index >= 15 is 0 Å². The number of hydrogen-bond acceptors (Lipinski definition) is 12. The summed E-state index contributed by atoms with van der Waals surface area (Å²) in [7, 11) is -2.64. The Hall–Kier alpha value is -2.73. The van der Waals surface area contributed by atoms with Crippen molar-refractivity contribution in [2.45, 2.75) is 4.90 Å². The van der Waals surface area contributed by atoms with Crippen molar-refractivity contribution in [2.75, 3.05) is 20.2 Å². The van der Waals surface area contributed by atoms with Gasteiger partial charge in [0, 0.05) is 16.0 Å². The van der Waals surface area contributed by atoms with Crippen molar-refractivity contribution in [2.24, 2.45) is 11.8 Å². The Morgan fingerprint density at radius 3 is 2.58 bits per heavy atom. The molecule has 1 aromatic heterocycles. The molecule has 1 aliphatic heterocycles. The molecule has 0 saturated carbocycles. The normalized spacial score (nSPS) is 12.8. The van der Waals surface area contributed by atoms with Gasteiger partial charge in [0.25, 0.3) is 0 Å². The first kappa shape index (κ1) is 21.5. The third-order valence-electron chi connectivity index (χ3n) is 4.43. The molecular weight excluding hydrogens is 449 g/mol. The van der Waals surface area contributed by atoms with Crippen LogP contribution in [0.4, 0.5) is 0 Å². The van der Waals surface area contributed by atoms with Gasteiger partial charge >= 0.3 is 7.82 Å². The van der Waals surface area contributed by atoms with E-state index in [0.717, 1.165) is 0 Å². The number of phosphoric acid groups is 1.